The van der Waals surface area contributed by atoms with Crippen LogP contribution in [0.4, 0.5) is 0 Å². The third kappa shape index (κ3) is 4.32. The summed E-state index contributed by atoms with van der Waals surface area (Å²) in [6.07, 6.45) is 2.83. The van der Waals surface area contributed by atoms with Crippen molar-refractivity contribution in [2.24, 2.45) is 0 Å². The number of nitrogens with one attached hydrogen (secondary N) is 1. The van der Waals surface area contributed by atoms with Gasteiger partial charge in [0, 0.05) is 17.5 Å². The Morgan fingerprint density at radius 2 is 2.19 bits per heavy atom. The second-order valence-electron chi connectivity index (χ2n) is 3.71. The molecule has 0 aliphatic carbocycles. The molecule has 0 spiro atoms. The lowest BCUT2D eigenvalue weighted by atomic mass is 10.2. The Morgan fingerprint density at radius 3 is 2.69 bits per heavy atom. The highest BCUT2D eigenvalue weighted by molar-refractivity contribution is 7.99. The first-order chi connectivity index (χ1) is 7.67. The highest BCUT2D eigenvalue weighted by Crippen LogP contribution is 2.25. The van der Waals surface area contributed by atoms with Gasteiger partial charge in [0.05, 0.1) is 10.0 Å². The van der Waals surface area contributed by atoms with E-state index in [2.05, 4.69) is 31.1 Å². The Hall–Kier alpha value is -0.250. The van der Waals surface area contributed by atoms with Gasteiger partial charge in [-0.3, -0.25) is 0 Å². The van der Waals surface area contributed by atoms with Crippen molar-refractivity contribution in [3.63, 3.8) is 0 Å². The number of nitrogens with zero attached hydrogens (tertiary/aromatic N) is 1. The number of hydrogen-bond acceptors (Lipinski definition) is 3. The van der Waals surface area contributed by atoms with Gasteiger partial charge in [0.25, 0.3) is 0 Å². The molecule has 0 aromatic carbocycles. The van der Waals surface area contributed by atoms with Crippen molar-refractivity contribution in [3.05, 3.63) is 23.4 Å². The zero-order valence-corrected chi connectivity index (χ0v) is 11.6. The molecule has 0 amide bonds. The van der Waals surface area contributed by atoms with Crippen LogP contribution in [-0.4, -0.2) is 22.8 Å². The maximum Gasteiger partial charge on any atom is 0.0964 e. The van der Waals surface area contributed by atoms with E-state index in [1.807, 2.05) is 12.1 Å². The van der Waals surface area contributed by atoms with Crippen molar-refractivity contribution < 1.29 is 0 Å². The number of halogens is 1. The summed E-state index contributed by atoms with van der Waals surface area (Å²) in [6, 6.07) is 4.40. The highest BCUT2D eigenvalue weighted by Gasteiger charge is 2.15. The summed E-state index contributed by atoms with van der Waals surface area (Å²) in [5.74, 6) is 0. The first kappa shape index (κ1) is 13.8. The molecular weight excluding hydrogens is 240 g/mol. The molecule has 0 aliphatic rings. The average Bonchev–Trinajstić information content (AvgIpc) is 2.29. The molecule has 90 valence electrons. The summed E-state index contributed by atoms with van der Waals surface area (Å²) in [6.45, 7) is 7.59. The molecule has 0 saturated carbocycles. The third-order valence-electron chi connectivity index (χ3n) is 2.48. The molecule has 1 N–H and O–H groups in total. The summed E-state index contributed by atoms with van der Waals surface area (Å²) in [7, 11) is 0. The molecule has 16 heavy (non-hydrogen) atoms. The molecule has 2 atom stereocenters. The van der Waals surface area contributed by atoms with E-state index in [1.54, 1.807) is 18.0 Å². The average molecular weight is 259 g/mol. The fourth-order valence-electron chi connectivity index (χ4n) is 1.61. The molecule has 1 aromatic rings. The van der Waals surface area contributed by atoms with E-state index < -0.39 is 0 Å². The second-order valence-corrected chi connectivity index (χ2v) is 5.54. The molecule has 0 radical (unpaired) electrons. The molecular formula is C12H19ClN2S. The van der Waals surface area contributed by atoms with Crippen molar-refractivity contribution in [3.8, 4) is 0 Å². The lowest BCUT2D eigenvalue weighted by Crippen LogP contribution is -2.35. The van der Waals surface area contributed by atoms with E-state index in [4.69, 9.17) is 11.6 Å². The molecule has 1 rings (SSSR count). The summed E-state index contributed by atoms with van der Waals surface area (Å²) >= 11 is 7.60. The Labute approximate surface area is 107 Å². The van der Waals surface area contributed by atoms with Crippen LogP contribution in [0.25, 0.3) is 0 Å². The Bertz CT molecular complexity index is 302. The third-order valence-corrected chi connectivity index (χ3v) is 3.89. The molecule has 2 unspecified atom stereocenters. The normalized spacial score (nSPS) is 14.8. The van der Waals surface area contributed by atoms with Gasteiger partial charge in [-0.2, -0.15) is 0 Å². The molecule has 1 heterocycles. The predicted molar refractivity (Wildman–Crippen MR) is 72.3 cm³/mol. The van der Waals surface area contributed by atoms with Gasteiger partial charge >= 0.3 is 0 Å². The van der Waals surface area contributed by atoms with Crippen molar-refractivity contribution in [1.29, 1.82) is 0 Å². The van der Waals surface area contributed by atoms with Gasteiger partial charge in [0.1, 0.15) is 0 Å². The smallest absolute Gasteiger partial charge is 0.0964 e. The van der Waals surface area contributed by atoms with Crippen LogP contribution in [0.1, 0.15) is 27.2 Å². The predicted octanol–water partition coefficient (Wildman–Crippen LogP) is 3.60. The van der Waals surface area contributed by atoms with Crippen LogP contribution in [-0.2, 0) is 0 Å². The molecule has 0 fully saturated rings. The van der Waals surface area contributed by atoms with Crippen molar-refractivity contribution >= 4 is 23.4 Å². The van der Waals surface area contributed by atoms with E-state index in [0.29, 0.717) is 16.3 Å². The van der Waals surface area contributed by atoms with E-state index in [0.717, 1.165) is 18.0 Å². The fraction of sp³-hybridized carbons (Fsp3) is 0.583. The summed E-state index contributed by atoms with van der Waals surface area (Å²) in [5.41, 5.74) is 0. The van der Waals surface area contributed by atoms with Crippen LogP contribution in [0.3, 0.4) is 0 Å². The largest absolute Gasteiger partial charge is 0.313 e. The Kier molecular flexibility index (Phi) is 6.17. The number of hydrogen-bond donors (Lipinski definition) is 1. The summed E-state index contributed by atoms with van der Waals surface area (Å²) < 4.78 is 0. The molecule has 4 heteroatoms. The van der Waals surface area contributed by atoms with E-state index in [1.165, 1.54) is 0 Å². The van der Waals surface area contributed by atoms with Gasteiger partial charge in [0.15, 0.2) is 0 Å². The highest BCUT2D eigenvalue weighted by atomic mass is 35.5. The van der Waals surface area contributed by atoms with Crippen LogP contribution < -0.4 is 5.32 Å². The van der Waals surface area contributed by atoms with Crippen molar-refractivity contribution in [2.75, 3.05) is 6.54 Å². The zero-order valence-electron chi connectivity index (χ0n) is 10.0. The van der Waals surface area contributed by atoms with Crippen LogP contribution in [0.15, 0.2) is 23.4 Å². The van der Waals surface area contributed by atoms with Crippen molar-refractivity contribution in [2.45, 2.75) is 43.5 Å². The Morgan fingerprint density at radius 1 is 1.44 bits per heavy atom. The maximum atomic E-state index is 5.80. The van der Waals surface area contributed by atoms with E-state index >= 15 is 0 Å². The topological polar surface area (TPSA) is 24.9 Å². The van der Waals surface area contributed by atoms with Gasteiger partial charge < -0.3 is 5.32 Å². The zero-order chi connectivity index (χ0) is 12.0. The lowest BCUT2D eigenvalue weighted by molar-refractivity contribution is 0.509. The molecule has 0 saturated heterocycles. The van der Waals surface area contributed by atoms with Crippen LogP contribution in [0.2, 0.25) is 5.02 Å². The maximum absolute atomic E-state index is 5.80. The lowest BCUT2D eigenvalue weighted by Gasteiger charge is -2.22. The van der Waals surface area contributed by atoms with Gasteiger partial charge in [-0.15, -0.1) is 11.8 Å². The molecule has 0 aliphatic heterocycles. The first-order valence-electron chi connectivity index (χ1n) is 5.69. The van der Waals surface area contributed by atoms with Gasteiger partial charge in [-0.05, 0) is 25.1 Å². The van der Waals surface area contributed by atoms with E-state index in [9.17, 15) is 0 Å². The minimum Gasteiger partial charge on any atom is -0.313 e. The number of rotatable bonds is 6. The first-order valence-corrected chi connectivity index (χ1v) is 6.94. The number of aromatic nitrogens is 1. The standard InChI is InChI=1S/C12H19ClN2S/c1-4-11(14-5-2)9(3)16-12-7-6-10(13)8-15-12/h6-9,11,14H,4-5H2,1-3H3. The minimum absolute atomic E-state index is 0.513. The SMILES string of the molecule is CCNC(CC)C(C)Sc1ccc(Cl)cn1. The van der Waals surface area contributed by atoms with Gasteiger partial charge in [-0.1, -0.05) is 32.4 Å². The summed E-state index contributed by atoms with van der Waals surface area (Å²) in [5, 5.41) is 5.73. The minimum atomic E-state index is 0.513. The summed E-state index contributed by atoms with van der Waals surface area (Å²) in [4.78, 5) is 4.30. The second kappa shape index (κ2) is 7.15. The van der Waals surface area contributed by atoms with Crippen LogP contribution in [0, 0.1) is 0 Å². The van der Waals surface area contributed by atoms with E-state index in [-0.39, 0.29) is 0 Å². The monoisotopic (exact) mass is 258 g/mol. The quantitative estimate of drug-likeness (QED) is 0.790. The number of pyridine rings is 1. The molecule has 1 aromatic heterocycles. The molecule has 0 bridgehead atoms. The Balaban J connectivity index is 2.55. The van der Waals surface area contributed by atoms with Crippen LogP contribution >= 0.6 is 23.4 Å². The van der Waals surface area contributed by atoms with Crippen molar-refractivity contribution in [1.82, 2.24) is 10.3 Å². The van der Waals surface area contributed by atoms with Gasteiger partial charge in [-0.25, -0.2) is 4.98 Å². The molecule has 2 nitrogen and oxygen atoms in total. The van der Waals surface area contributed by atoms with Crippen LogP contribution in [0.5, 0.6) is 0 Å². The van der Waals surface area contributed by atoms with Gasteiger partial charge in [0.2, 0.25) is 0 Å². The fourth-order valence-corrected chi connectivity index (χ4v) is 2.81. The number of thioether (sulfide) groups is 1.